The van der Waals surface area contributed by atoms with Crippen molar-refractivity contribution in [3.05, 3.63) is 30.1 Å². The molecule has 5 nitrogen and oxygen atoms in total. The van der Waals surface area contributed by atoms with Gasteiger partial charge in [-0.1, -0.05) is 19.1 Å². The minimum Gasteiger partial charge on any atom is -0.480 e. The summed E-state index contributed by atoms with van der Waals surface area (Å²) in [5.41, 5.74) is 6.31. The van der Waals surface area contributed by atoms with Crippen molar-refractivity contribution in [3.8, 4) is 0 Å². The molecule has 0 aliphatic rings. The number of hydrogen-bond acceptors (Lipinski definition) is 3. The quantitative estimate of drug-likeness (QED) is 0.855. The third kappa shape index (κ3) is 2.09. The van der Waals surface area contributed by atoms with Gasteiger partial charge in [0.25, 0.3) is 0 Å². The number of rotatable bonds is 4. The minimum absolute atomic E-state index is 0.214. The first kappa shape index (κ1) is 12.6. The average molecular weight is 247 g/mol. The van der Waals surface area contributed by atoms with Crippen molar-refractivity contribution in [1.29, 1.82) is 0 Å². The van der Waals surface area contributed by atoms with Gasteiger partial charge in [-0.15, -0.1) is 0 Å². The predicted octanol–water partition coefficient (Wildman–Crippen LogP) is 1.40. The summed E-state index contributed by atoms with van der Waals surface area (Å²) in [5.74, 6) is -0.156. The SMILES string of the molecule is CCc1nc2ccccc2n1CC(C)(N)C(=O)O. The normalized spacial score (nSPS) is 14.6. The van der Waals surface area contributed by atoms with Gasteiger partial charge in [-0.2, -0.15) is 0 Å². The molecule has 18 heavy (non-hydrogen) atoms. The zero-order valence-electron chi connectivity index (χ0n) is 10.6. The molecule has 3 N–H and O–H groups in total. The molecule has 0 spiro atoms. The minimum atomic E-state index is -1.30. The average Bonchev–Trinajstić information content (AvgIpc) is 2.67. The Morgan fingerprint density at radius 1 is 1.50 bits per heavy atom. The number of nitrogens with two attached hydrogens (primary N) is 1. The summed E-state index contributed by atoms with van der Waals surface area (Å²) < 4.78 is 1.89. The van der Waals surface area contributed by atoms with Crippen molar-refractivity contribution >= 4 is 17.0 Å². The monoisotopic (exact) mass is 247 g/mol. The molecule has 0 amide bonds. The Bertz CT molecular complexity index is 587. The van der Waals surface area contributed by atoms with E-state index in [-0.39, 0.29) is 6.54 Å². The largest absolute Gasteiger partial charge is 0.480 e. The molecule has 2 rings (SSSR count). The Kier molecular flexibility index (Phi) is 3.09. The second-order valence-corrected chi connectivity index (χ2v) is 4.68. The van der Waals surface area contributed by atoms with E-state index in [0.29, 0.717) is 0 Å². The van der Waals surface area contributed by atoms with Gasteiger partial charge < -0.3 is 15.4 Å². The number of fused-ring (bicyclic) bond motifs is 1. The molecule has 0 radical (unpaired) electrons. The van der Waals surface area contributed by atoms with Crippen LogP contribution in [0.2, 0.25) is 0 Å². The summed E-state index contributed by atoms with van der Waals surface area (Å²) in [6.07, 6.45) is 0.740. The molecule has 2 aromatic rings. The number of nitrogens with zero attached hydrogens (tertiary/aromatic N) is 2. The van der Waals surface area contributed by atoms with Crippen LogP contribution in [0.25, 0.3) is 11.0 Å². The van der Waals surface area contributed by atoms with Crippen LogP contribution in [0.4, 0.5) is 0 Å². The molecule has 0 fully saturated rings. The fourth-order valence-corrected chi connectivity index (χ4v) is 1.97. The molecule has 1 aromatic heterocycles. The van der Waals surface area contributed by atoms with Gasteiger partial charge in [0.2, 0.25) is 0 Å². The molecular weight excluding hydrogens is 230 g/mol. The van der Waals surface area contributed by atoms with Crippen molar-refractivity contribution in [3.63, 3.8) is 0 Å². The summed E-state index contributed by atoms with van der Waals surface area (Å²) in [7, 11) is 0. The van der Waals surface area contributed by atoms with Crippen LogP contribution in [-0.2, 0) is 17.8 Å². The van der Waals surface area contributed by atoms with Gasteiger partial charge >= 0.3 is 5.97 Å². The van der Waals surface area contributed by atoms with Crippen LogP contribution in [0.5, 0.6) is 0 Å². The molecular formula is C13H17N3O2. The lowest BCUT2D eigenvalue weighted by atomic mass is 10.0. The van der Waals surface area contributed by atoms with Gasteiger partial charge in [-0.05, 0) is 19.1 Å². The fourth-order valence-electron chi connectivity index (χ4n) is 1.97. The Hall–Kier alpha value is -1.88. The highest BCUT2D eigenvalue weighted by Gasteiger charge is 2.29. The van der Waals surface area contributed by atoms with Crippen LogP contribution in [0.3, 0.4) is 0 Å². The molecule has 1 atom stereocenters. The van der Waals surface area contributed by atoms with E-state index >= 15 is 0 Å². The predicted molar refractivity (Wildman–Crippen MR) is 69.3 cm³/mol. The van der Waals surface area contributed by atoms with Gasteiger partial charge in [0.05, 0.1) is 17.6 Å². The summed E-state index contributed by atoms with van der Waals surface area (Å²) in [6.45, 7) is 3.72. The number of aryl methyl sites for hydroxylation is 1. The van der Waals surface area contributed by atoms with Crippen LogP contribution in [0.1, 0.15) is 19.7 Å². The molecule has 0 aliphatic carbocycles. The lowest BCUT2D eigenvalue weighted by molar-refractivity contribution is -0.143. The lowest BCUT2D eigenvalue weighted by Crippen LogP contribution is -2.48. The number of carboxylic acids is 1. The van der Waals surface area contributed by atoms with E-state index in [1.54, 1.807) is 0 Å². The van der Waals surface area contributed by atoms with E-state index in [4.69, 9.17) is 10.8 Å². The molecule has 1 unspecified atom stereocenters. The fraction of sp³-hybridized carbons (Fsp3) is 0.385. The van der Waals surface area contributed by atoms with Crippen LogP contribution in [0.15, 0.2) is 24.3 Å². The summed E-state index contributed by atoms with van der Waals surface area (Å²) >= 11 is 0. The van der Waals surface area contributed by atoms with Crippen molar-refractivity contribution in [2.75, 3.05) is 0 Å². The second kappa shape index (κ2) is 4.42. The van der Waals surface area contributed by atoms with E-state index < -0.39 is 11.5 Å². The molecule has 96 valence electrons. The molecule has 0 bridgehead atoms. The first-order valence-electron chi connectivity index (χ1n) is 5.92. The molecule has 1 aromatic carbocycles. The number of hydrogen-bond donors (Lipinski definition) is 2. The summed E-state index contributed by atoms with van der Waals surface area (Å²) in [4.78, 5) is 15.6. The third-order valence-corrected chi connectivity index (χ3v) is 3.02. The highest BCUT2D eigenvalue weighted by molar-refractivity contribution is 5.79. The van der Waals surface area contributed by atoms with Crippen LogP contribution in [-0.4, -0.2) is 26.2 Å². The van der Waals surface area contributed by atoms with E-state index in [0.717, 1.165) is 23.3 Å². The maximum Gasteiger partial charge on any atom is 0.325 e. The standard InChI is InChI=1S/C13H17N3O2/c1-3-11-15-9-6-4-5-7-10(9)16(11)8-13(2,14)12(17)18/h4-7H,3,8,14H2,1-2H3,(H,17,18). The summed E-state index contributed by atoms with van der Waals surface area (Å²) in [6, 6.07) is 7.67. The molecule has 1 heterocycles. The number of carboxylic acid groups (broad SMARTS) is 1. The number of benzene rings is 1. The second-order valence-electron chi connectivity index (χ2n) is 4.68. The maximum atomic E-state index is 11.1. The summed E-state index contributed by atoms with van der Waals surface area (Å²) in [5, 5.41) is 9.12. The number of aliphatic carboxylic acids is 1. The van der Waals surface area contributed by atoms with Crippen molar-refractivity contribution in [1.82, 2.24) is 9.55 Å². The van der Waals surface area contributed by atoms with Crippen molar-refractivity contribution in [2.45, 2.75) is 32.4 Å². The number of para-hydroxylation sites is 2. The van der Waals surface area contributed by atoms with Crippen LogP contribution in [0, 0.1) is 0 Å². The Morgan fingerprint density at radius 3 is 2.78 bits per heavy atom. The van der Waals surface area contributed by atoms with E-state index in [9.17, 15) is 4.79 Å². The zero-order chi connectivity index (χ0) is 13.3. The van der Waals surface area contributed by atoms with Crippen molar-refractivity contribution < 1.29 is 9.90 Å². The highest BCUT2D eigenvalue weighted by atomic mass is 16.4. The molecule has 5 heteroatoms. The Morgan fingerprint density at radius 2 is 2.17 bits per heavy atom. The number of aromatic nitrogens is 2. The van der Waals surface area contributed by atoms with Gasteiger partial charge in [-0.25, -0.2) is 4.98 Å². The van der Waals surface area contributed by atoms with E-state index in [1.807, 2.05) is 35.8 Å². The number of imidazole rings is 1. The Balaban J connectivity index is 2.52. The third-order valence-electron chi connectivity index (χ3n) is 3.02. The first-order chi connectivity index (χ1) is 8.45. The molecule has 0 saturated heterocycles. The number of carbonyl (C=O) groups is 1. The lowest BCUT2D eigenvalue weighted by Gasteiger charge is -2.21. The molecule has 0 aliphatic heterocycles. The topological polar surface area (TPSA) is 81.1 Å². The molecule has 0 saturated carbocycles. The van der Waals surface area contributed by atoms with E-state index in [2.05, 4.69) is 4.98 Å². The van der Waals surface area contributed by atoms with E-state index in [1.165, 1.54) is 6.92 Å². The van der Waals surface area contributed by atoms with Gasteiger partial charge in [-0.3, -0.25) is 4.79 Å². The van der Waals surface area contributed by atoms with Gasteiger partial charge in [0, 0.05) is 6.42 Å². The smallest absolute Gasteiger partial charge is 0.325 e. The maximum absolute atomic E-state index is 11.1. The van der Waals surface area contributed by atoms with Crippen LogP contribution >= 0.6 is 0 Å². The highest BCUT2D eigenvalue weighted by Crippen LogP contribution is 2.19. The van der Waals surface area contributed by atoms with Gasteiger partial charge in [0.15, 0.2) is 0 Å². The zero-order valence-corrected chi connectivity index (χ0v) is 10.6. The Labute approximate surface area is 105 Å². The van der Waals surface area contributed by atoms with Gasteiger partial charge in [0.1, 0.15) is 11.4 Å². The van der Waals surface area contributed by atoms with Crippen LogP contribution < -0.4 is 5.73 Å². The van der Waals surface area contributed by atoms with Crippen molar-refractivity contribution in [2.24, 2.45) is 5.73 Å². The first-order valence-corrected chi connectivity index (χ1v) is 5.92.